The molecule has 4 nitrogen and oxygen atoms in total. The zero-order valence-corrected chi connectivity index (χ0v) is 14.4. The van der Waals surface area contributed by atoms with Gasteiger partial charge < -0.3 is 15.0 Å². The monoisotopic (exact) mass is 297 g/mol. The third-order valence-corrected chi connectivity index (χ3v) is 4.26. The Hall–Kier alpha value is -0.770. The van der Waals surface area contributed by atoms with Crippen LogP contribution in [-0.2, 0) is 4.74 Å². The van der Waals surface area contributed by atoms with Crippen LogP contribution >= 0.6 is 0 Å². The van der Waals surface area contributed by atoms with Crippen LogP contribution in [0.2, 0.25) is 0 Å². The van der Waals surface area contributed by atoms with Crippen molar-refractivity contribution in [2.75, 3.05) is 40.4 Å². The molecular formula is C17H35N3O. The van der Waals surface area contributed by atoms with Gasteiger partial charge in [0.2, 0.25) is 0 Å². The number of hydrogen-bond acceptors (Lipinski definition) is 2. The fourth-order valence-electron chi connectivity index (χ4n) is 3.01. The number of aliphatic imine (C=N–C) groups is 1. The van der Waals surface area contributed by atoms with Crippen molar-refractivity contribution >= 4 is 5.96 Å². The first-order valence-corrected chi connectivity index (χ1v) is 8.76. The van der Waals surface area contributed by atoms with E-state index < -0.39 is 0 Å². The summed E-state index contributed by atoms with van der Waals surface area (Å²) in [5.41, 5.74) is 0. The number of nitrogens with one attached hydrogen (secondary N) is 1. The molecule has 1 rings (SSSR count). The highest BCUT2D eigenvalue weighted by Gasteiger charge is 2.24. The SMILES string of the molecule is CCCCCCCCCNC(=NC)N1CCC(COC)C1. The average molecular weight is 297 g/mol. The van der Waals surface area contributed by atoms with Crippen LogP contribution < -0.4 is 5.32 Å². The molecule has 0 aromatic rings. The molecule has 1 N–H and O–H groups in total. The fraction of sp³-hybridized carbons (Fsp3) is 0.941. The summed E-state index contributed by atoms with van der Waals surface area (Å²) in [5.74, 6) is 1.73. The van der Waals surface area contributed by atoms with Gasteiger partial charge in [0, 0.05) is 39.7 Å². The minimum absolute atomic E-state index is 0.659. The van der Waals surface area contributed by atoms with E-state index in [1.807, 2.05) is 7.05 Å². The van der Waals surface area contributed by atoms with E-state index in [0.29, 0.717) is 5.92 Å². The summed E-state index contributed by atoms with van der Waals surface area (Å²) in [6, 6.07) is 0. The molecule has 4 heteroatoms. The molecule has 1 atom stereocenters. The standard InChI is InChI=1S/C17H35N3O/c1-4-5-6-7-8-9-10-12-19-17(18-2)20-13-11-16(14-20)15-21-3/h16H,4-15H2,1-3H3,(H,18,19). The number of hydrogen-bond donors (Lipinski definition) is 1. The summed E-state index contributed by atoms with van der Waals surface area (Å²) in [6.07, 6.45) is 10.7. The Morgan fingerprint density at radius 1 is 1.19 bits per heavy atom. The second-order valence-electron chi connectivity index (χ2n) is 6.15. The molecule has 0 aromatic carbocycles. The third-order valence-electron chi connectivity index (χ3n) is 4.26. The average Bonchev–Trinajstić information content (AvgIpc) is 2.95. The highest BCUT2D eigenvalue weighted by Crippen LogP contribution is 2.16. The van der Waals surface area contributed by atoms with Gasteiger partial charge in [-0.3, -0.25) is 4.99 Å². The maximum absolute atomic E-state index is 5.25. The first kappa shape index (κ1) is 18.3. The van der Waals surface area contributed by atoms with Crippen LogP contribution in [0.4, 0.5) is 0 Å². The Morgan fingerprint density at radius 2 is 1.90 bits per heavy atom. The van der Waals surface area contributed by atoms with Crippen molar-refractivity contribution in [3.8, 4) is 0 Å². The molecule has 0 spiro atoms. The van der Waals surface area contributed by atoms with E-state index >= 15 is 0 Å². The van der Waals surface area contributed by atoms with Crippen LogP contribution in [0.5, 0.6) is 0 Å². The minimum atomic E-state index is 0.659. The van der Waals surface area contributed by atoms with Gasteiger partial charge in [-0.15, -0.1) is 0 Å². The lowest BCUT2D eigenvalue weighted by Crippen LogP contribution is -2.40. The van der Waals surface area contributed by atoms with E-state index in [9.17, 15) is 0 Å². The highest BCUT2D eigenvalue weighted by molar-refractivity contribution is 5.80. The van der Waals surface area contributed by atoms with Crippen molar-refractivity contribution < 1.29 is 4.74 Å². The molecule has 124 valence electrons. The van der Waals surface area contributed by atoms with Crippen LogP contribution in [0.3, 0.4) is 0 Å². The van der Waals surface area contributed by atoms with Crippen molar-refractivity contribution in [2.24, 2.45) is 10.9 Å². The number of unbranched alkanes of at least 4 members (excludes halogenated alkanes) is 6. The van der Waals surface area contributed by atoms with Crippen molar-refractivity contribution in [3.05, 3.63) is 0 Å². The molecule has 1 unspecified atom stereocenters. The quantitative estimate of drug-likeness (QED) is 0.382. The van der Waals surface area contributed by atoms with Crippen LogP contribution in [0.15, 0.2) is 4.99 Å². The van der Waals surface area contributed by atoms with Crippen molar-refractivity contribution in [3.63, 3.8) is 0 Å². The number of rotatable bonds is 10. The van der Waals surface area contributed by atoms with Gasteiger partial charge in [0.1, 0.15) is 0 Å². The maximum atomic E-state index is 5.25. The number of guanidine groups is 1. The van der Waals surface area contributed by atoms with E-state index in [1.165, 1.54) is 51.4 Å². The second kappa shape index (κ2) is 11.8. The largest absolute Gasteiger partial charge is 0.384 e. The number of methoxy groups -OCH3 is 1. The molecule has 21 heavy (non-hydrogen) atoms. The summed E-state index contributed by atoms with van der Waals surface area (Å²) in [5, 5.41) is 3.51. The molecule has 0 aliphatic carbocycles. The molecule has 0 radical (unpaired) electrons. The molecule has 0 saturated carbocycles. The predicted octanol–water partition coefficient (Wildman–Crippen LogP) is 3.28. The first-order chi connectivity index (χ1) is 10.3. The number of nitrogens with zero attached hydrogens (tertiary/aromatic N) is 2. The topological polar surface area (TPSA) is 36.9 Å². The summed E-state index contributed by atoms with van der Waals surface area (Å²) in [7, 11) is 3.67. The normalized spacial score (nSPS) is 19.3. The summed E-state index contributed by atoms with van der Waals surface area (Å²) < 4.78 is 5.25. The summed E-state index contributed by atoms with van der Waals surface area (Å²) >= 11 is 0. The van der Waals surface area contributed by atoms with E-state index in [4.69, 9.17) is 4.74 Å². The Labute approximate surface area is 131 Å². The van der Waals surface area contributed by atoms with Crippen LogP contribution in [0, 0.1) is 5.92 Å². The van der Waals surface area contributed by atoms with Crippen LogP contribution in [0.25, 0.3) is 0 Å². The molecule has 1 saturated heterocycles. The van der Waals surface area contributed by atoms with Gasteiger partial charge in [0.05, 0.1) is 6.61 Å². The smallest absolute Gasteiger partial charge is 0.193 e. The molecular weight excluding hydrogens is 262 g/mol. The van der Waals surface area contributed by atoms with Gasteiger partial charge in [0.25, 0.3) is 0 Å². The van der Waals surface area contributed by atoms with Crippen LogP contribution in [-0.4, -0.2) is 51.3 Å². The Balaban J connectivity index is 2.07. The molecule has 0 bridgehead atoms. The molecule has 1 aliphatic heterocycles. The van der Waals surface area contributed by atoms with E-state index in [-0.39, 0.29) is 0 Å². The molecule has 0 amide bonds. The van der Waals surface area contributed by atoms with Gasteiger partial charge in [-0.05, 0) is 12.8 Å². The van der Waals surface area contributed by atoms with E-state index in [1.54, 1.807) is 7.11 Å². The van der Waals surface area contributed by atoms with Gasteiger partial charge in [-0.25, -0.2) is 0 Å². The highest BCUT2D eigenvalue weighted by atomic mass is 16.5. The maximum Gasteiger partial charge on any atom is 0.193 e. The lowest BCUT2D eigenvalue weighted by atomic mass is 10.1. The third kappa shape index (κ3) is 7.70. The first-order valence-electron chi connectivity index (χ1n) is 8.76. The lowest BCUT2D eigenvalue weighted by molar-refractivity contribution is 0.157. The van der Waals surface area contributed by atoms with Crippen molar-refractivity contribution in [1.29, 1.82) is 0 Å². The minimum Gasteiger partial charge on any atom is -0.384 e. The Bertz CT molecular complexity index is 281. The number of ether oxygens (including phenoxy) is 1. The van der Waals surface area contributed by atoms with Gasteiger partial charge in [-0.1, -0.05) is 45.4 Å². The summed E-state index contributed by atoms with van der Waals surface area (Å²) in [4.78, 5) is 6.78. The molecule has 1 aliphatic rings. The predicted molar refractivity (Wildman–Crippen MR) is 90.9 cm³/mol. The second-order valence-corrected chi connectivity index (χ2v) is 6.15. The van der Waals surface area contributed by atoms with Crippen molar-refractivity contribution in [1.82, 2.24) is 10.2 Å². The van der Waals surface area contributed by atoms with Crippen LogP contribution in [0.1, 0.15) is 58.3 Å². The Morgan fingerprint density at radius 3 is 2.57 bits per heavy atom. The van der Waals surface area contributed by atoms with E-state index in [0.717, 1.165) is 32.2 Å². The lowest BCUT2D eigenvalue weighted by Gasteiger charge is -2.21. The zero-order valence-electron chi connectivity index (χ0n) is 14.4. The summed E-state index contributed by atoms with van der Waals surface area (Å²) in [6.45, 7) is 6.36. The van der Waals surface area contributed by atoms with Gasteiger partial charge in [0.15, 0.2) is 5.96 Å². The van der Waals surface area contributed by atoms with E-state index in [2.05, 4.69) is 22.1 Å². The molecule has 1 fully saturated rings. The molecule has 1 heterocycles. The number of likely N-dealkylation sites (tertiary alicyclic amines) is 1. The fourth-order valence-corrected chi connectivity index (χ4v) is 3.01. The molecule has 0 aromatic heterocycles. The van der Waals surface area contributed by atoms with Gasteiger partial charge >= 0.3 is 0 Å². The Kier molecular flexibility index (Phi) is 10.3. The van der Waals surface area contributed by atoms with Crippen molar-refractivity contribution in [2.45, 2.75) is 58.3 Å². The zero-order chi connectivity index (χ0) is 15.3. The van der Waals surface area contributed by atoms with Gasteiger partial charge in [-0.2, -0.15) is 0 Å².